The molecule has 4 rings (SSSR count). The van der Waals surface area contributed by atoms with Crippen molar-refractivity contribution in [3.63, 3.8) is 0 Å². The van der Waals surface area contributed by atoms with Crippen molar-refractivity contribution in [1.82, 2.24) is 19.9 Å². The number of fused-ring (bicyclic) bond motifs is 1. The number of carbonyl (C=O) groups excluding carboxylic acids is 1. The minimum atomic E-state index is -4.42. The predicted molar refractivity (Wildman–Crippen MR) is 111 cm³/mol. The monoisotopic (exact) mass is 446 g/mol. The van der Waals surface area contributed by atoms with Crippen LogP contribution in [0.4, 0.5) is 13.2 Å². The highest BCUT2D eigenvalue weighted by Gasteiger charge is 2.30. The highest BCUT2D eigenvalue weighted by Crippen LogP contribution is 2.30. The Balaban J connectivity index is 1.49. The fourth-order valence-electron chi connectivity index (χ4n) is 3.25. The number of hydrogen-bond acceptors (Lipinski definition) is 4. The minimum Gasteiger partial charge on any atom is -0.350 e. The van der Waals surface area contributed by atoms with Crippen molar-refractivity contribution < 1.29 is 18.0 Å². The number of H-pyrrole nitrogens is 1. The van der Waals surface area contributed by atoms with Gasteiger partial charge in [0.15, 0.2) is 5.65 Å². The summed E-state index contributed by atoms with van der Waals surface area (Å²) < 4.78 is 39.3. The maximum absolute atomic E-state index is 12.6. The lowest BCUT2D eigenvalue weighted by Crippen LogP contribution is -2.26. The summed E-state index contributed by atoms with van der Waals surface area (Å²) in [5.41, 5.74) is 1.87. The normalized spacial score (nSPS) is 11.7. The Morgan fingerprint density at radius 3 is 2.61 bits per heavy atom. The van der Waals surface area contributed by atoms with Gasteiger partial charge in [0.2, 0.25) is 5.91 Å². The molecule has 0 saturated carbocycles. The first-order valence-corrected chi connectivity index (χ1v) is 10.2. The first kappa shape index (κ1) is 20.9. The molecule has 0 aliphatic carbocycles. The third-order valence-electron chi connectivity index (χ3n) is 4.73. The van der Waals surface area contributed by atoms with Crippen molar-refractivity contribution >= 4 is 22.9 Å². The highest BCUT2D eigenvalue weighted by molar-refractivity contribution is 7.13. The number of rotatable bonds is 5. The molecule has 0 bridgehead atoms. The molecule has 2 N–H and O–H groups in total. The Bertz CT molecular complexity index is 1290. The number of benzene rings is 1. The SMILES string of the molecule is Cc1[nH]n2c(=O)cc(CNC(=O)Cc3ccc(C(F)(F)F)cc3)nc2c1-c1cccs1. The van der Waals surface area contributed by atoms with Crippen molar-refractivity contribution in [2.75, 3.05) is 0 Å². The number of nitrogens with one attached hydrogen (secondary N) is 2. The summed E-state index contributed by atoms with van der Waals surface area (Å²) in [5, 5.41) is 7.60. The van der Waals surface area contributed by atoms with Gasteiger partial charge in [-0.1, -0.05) is 18.2 Å². The number of aromatic nitrogens is 3. The number of thiophene rings is 1. The molecule has 160 valence electrons. The van der Waals surface area contributed by atoms with Crippen molar-refractivity contribution in [2.45, 2.75) is 26.1 Å². The molecule has 0 spiro atoms. The average molecular weight is 446 g/mol. The van der Waals surface area contributed by atoms with Crippen molar-refractivity contribution in [3.8, 4) is 10.4 Å². The highest BCUT2D eigenvalue weighted by atomic mass is 32.1. The number of halogens is 3. The van der Waals surface area contributed by atoms with E-state index >= 15 is 0 Å². The summed E-state index contributed by atoms with van der Waals surface area (Å²) in [4.78, 5) is 30.2. The summed E-state index contributed by atoms with van der Waals surface area (Å²) in [7, 11) is 0. The summed E-state index contributed by atoms with van der Waals surface area (Å²) in [6.07, 6.45) is -4.50. The van der Waals surface area contributed by atoms with E-state index in [4.69, 9.17) is 0 Å². The van der Waals surface area contributed by atoms with E-state index in [1.165, 1.54) is 34.1 Å². The van der Waals surface area contributed by atoms with E-state index in [0.717, 1.165) is 28.3 Å². The van der Waals surface area contributed by atoms with Gasteiger partial charge in [0.1, 0.15) is 0 Å². The number of hydrogen-bond donors (Lipinski definition) is 2. The molecular weight excluding hydrogens is 429 g/mol. The topological polar surface area (TPSA) is 79.3 Å². The van der Waals surface area contributed by atoms with Gasteiger partial charge in [0.05, 0.1) is 29.8 Å². The molecule has 3 heterocycles. The lowest BCUT2D eigenvalue weighted by atomic mass is 10.1. The molecule has 0 aliphatic rings. The lowest BCUT2D eigenvalue weighted by molar-refractivity contribution is -0.137. The summed E-state index contributed by atoms with van der Waals surface area (Å²) in [5.74, 6) is -0.384. The van der Waals surface area contributed by atoms with Crippen LogP contribution in [0.5, 0.6) is 0 Å². The van der Waals surface area contributed by atoms with Gasteiger partial charge in [-0.2, -0.15) is 13.2 Å². The van der Waals surface area contributed by atoms with E-state index in [0.29, 0.717) is 16.9 Å². The van der Waals surface area contributed by atoms with Gasteiger partial charge in [-0.25, -0.2) is 9.50 Å². The third kappa shape index (κ3) is 4.38. The Morgan fingerprint density at radius 2 is 1.97 bits per heavy atom. The maximum Gasteiger partial charge on any atom is 0.416 e. The van der Waals surface area contributed by atoms with Gasteiger partial charge in [-0.05, 0) is 36.1 Å². The fourth-order valence-corrected chi connectivity index (χ4v) is 4.07. The number of amides is 1. The largest absolute Gasteiger partial charge is 0.416 e. The van der Waals surface area contributed by atoms with E-state index in [1.54, 1.807) is 0 Å². The summed E-state index contributed by atoms with van der Waals surface area (Å²) in [6.45, 7) is 1.88. The maximum atomic E-state index is 12.6. The van der Waals surface area contributed by atoms with E-state index in [1.807, 2.05) is 24.4 Å². The second kappa shape index (κ2) is 8.03. The number of carbonyl (C=O) groups is 1. The molecule has 10 heteroatoms. The quantitative estimate of drug-likeness (QED) is 0.488. The van der Waals surface area contributed by atoms with E-state index in [9.17, 15) is 22.8 Å². The molecule has 6 nitrogen and oxygen atoms in total. The molecule has 0 unspecified atom stereocenters. The Hall–Kier alpha value is -3.40. The number of aryl methyl sites for hydroxylation is 1. The predicted octanol–water partition coefficient (Wildman–Crippen LogP) is 3.94. The molecule has 1 aromatic carbocycles. The van der Waals surface area contributed by atoms with Gasteiger partial charge in [0.25, 0.3) is 5.56 Å². The zero-order valence-electron chi connectivity index (χ0n) is 16.3. The van der Waals surface area contributed by atoms with Crippen LogP contribution in [0, 0.1) is 6.92 Å². The molecule has 0 atom stereocenters. The Labute approximate surface area is 178 Å². The molecule has 3 aromatic heterocycles. The number of aromatic amines is 1. The van der Waals surface area contributed by atoms with Crippen LogP contribution >= 0.6 is 11.3 Å². The van der Waals surface area contributed by atoms with Crippen molar-refractivity contribution in [3.05, 3.63) is 80.7 Å². The van der Waals surface area contributed by atoms with Crippen molar-refractivity contribution in [2.24, 2.45) is 0 Å². The fraction of sp³-hybridized carbons (Fsp3) is 0.190. The Kier molecular flexibility index (Phi) is 5.40. The van der Waals surface area contributed by atoms with Crippen LogP contribution in [-0.2, 0) is 23.9 Å². The van der Waals surface area contributed by atoms with Crippen LogP contribution in [0.3, 0.4) is 0 Å². The zero-order chi connectivity index (χ0) is 22.2. The first-order chi connectivity index (χ1) is 14.7. The molecule has 0 fully saturated rings. The molecule has 0 radical (unpaired) electrons. The van der Waals surface area contributed by atoms with Gasteiger partial charge in [-0.3, -0.25) is 14.7 Å². The van der Waals surface area contributed by atoms with Gasteiger partial charge >= 0.3 is 6.18 Å². The molecule has 1 amide bonds. The van der Waals surface area contributed by atoms with Crippen LogP contribution in [0.25, 0.3) is 16.1 Å². The Morgan fingerprint density at radius 1 is 1.23 bits per heavy atom. The molecular formula is C21H17F3N4O2S. The number of alkyl halides is 3. The van der Waals surface area contributed by atoms with Gasteiger partial charge in [-0.15, -0.1) is 11.3 Å². The van der Waals surface area contributed by atoms with Crippen LogP contribution < -0.4 is 10.9 Å². The lowest BCUT2D eigenvalue weighted by Gasteiger charge is -2.08. The molecule has 0 aliphatic heterocycles. The van der Waals surface area contributed by atoms with Crippen LogP contribution in [0.2, 0.25) is 0 Å². The van der Waals surface area contributed by atoms with Gasteiger partial charge in [0, 0.05) is 16.6 Å². The van der Waals surface area contributed by atoms with E-state index < -0.39 is 11.7 Å². The smallest absolute Gasteiger partial charge is 0.350 e. The van der Waals surface area contributed by atoms with E-state index in [2.05, 4.69) is 15.4 Å². The van der Waals surface area contributed by atoms with Crippen molar-refractivity contribution in [1.29, 1.82) is 0 Å². The van der Waals surface area contributed by atoms with E-state index in [-0.39, 0.29) is 24.4 Å². The molecule has 4 aromatic rings. The zero-order valence-corrected chi connectivity index (χ0v) is 17.1. The van der Waals surface area contributed by atoms with Crippen LogP contribution in [0.15, 0.2) is 52.6 Å². The van der Waals surface area contributed by atoms with Gasteiger partial charge < -0.3 is 5.32 Å². The summed E-state index contributed by atoms with van der Waals surface area (Å²) in [6, 6.07) is 9.61. The standard InChI is InChI=1S/C21H17F3N4O2S/c1-12-19(16-3-2-8-31-16)20-26-15(10-18(30)28(20)27-12)11-25-17(29)9-13-4-6-14(7-5-13)21(22,23)24/h2-8,10,27H,9,11H2,1H3,(H,25,29). The molecule has 0 saturated heterocycles. The average Bonchev–Trinajstić information content (AvgIpc) is 3.33. The third-order valence-corrected chi connectivity index (χ3v) is 5.62. The second-order valence-electron chi connectivity index (χ2n) is 6.98. The second-order valence-corrected chi connectivity index (χ2v) is 7.93. The molecule has 31 heavy (non-hydrogen) atoms. The number of nitrogens with zero attached hydrogens (tertiary/aromatic N) is 2. The summed E-state index contributed by atoms with van der Waals surface area (Å²) >= 11 is 1.53. The van der Waals surface area contributed by atoms with Crippen LogP contribution in [0.1, 0.15) is 22.5 Å². The van der Waals surface area contributed by atoms with Crippen LogP contribution in [-0.4, -0.2) is 20.5 Å². The minimum absolute atomic E-state index is 0.0271. The first-order valence-electron chi connectivity index (χ1n) is 9.30.